The van der Waals surface area contributed by atoms with Crippen LogP contribution in [0.5, 0.6) is 0 Å². The van der Waals surface area contributed by atoms with Gasteiger partial charge in [-0.1, -0.05) is 20.9 Å². The van der Waals surface area contributed by atoms with Gasteiger partial charge in [0.2, 0.25) is 0 Å². The molecule has 2 aliphatic rings. The maximum absolute atomic E-state index is 13.3. The maximum Gasteiger partial charge on any atom is 0.294 e. The zero-order chi connectivity index (χ0) is 23.4. The van der Waals surface area contributed by atoms with Crippen LogP contribution in [0.4, 0.5) is 11.4 Å². The quantitative estimate of drug-likeness (QED) is 0.408. The summed E-state index contributed by atoms with van der Waals surface area (Å²) in [4.78, 5) is 47.8. The predicted octanol–water partition coefficient (Wildman–Crippen LogP) is -0.0868. The van der Waals surface area contributed by atoms with Crippen LogP contribution < -0.4 is 22.7 Å². The maximum atomic E-state index is 13.3. The first kappa shape index (κ1) is 25.8. The Morgan fingerprint density at radius 3 is 2.53 bits per heavy atom. The highest BCUT2D eigenvalue weighted by atomic mass is 79.9. The average Bonchev–Trinajstić information content (AvgIpc) is 2.85. The smallest absolute Gasteiger partial charge is 0.294 e. The number of halogens is 2. The van der Waals surface area contributed by atoms with Gasteiger partial charge in [-0.2, -0.15) is 0 Å². The lowest BCUT2D eigenvalue weighted by Crippen LogP contribution is -3.00. The van der Waals surface area contributed by atoms with E-state index in [1.807, 2.05) is 0 Å². The third-order valence-corrected chi connectivity index (χ3v) is 6.52. The Hall–Kier alpha value is -2.79. The number of rotatable bonds is 5. The number of likely N-dealkylation sites (tertiary alicyclic amines) is 2. The lowest BCUT2D eigenvalue weighted by atomic mass is 10.0. The molecule has 1 aromatic heterocycles. The van der Waals surface area contributed by atoms with Crippen LogP contribution in [0, 0.1) is 10.1 Å². The Morgan fingerprint density at radius 1 is 1.12 bits per heavy atom. The number of nitro groups is 1. The number of anilines is 1. The largest absolute Gasteiger partial charge is 1.00 e. The van der Waals surface area contributed by atoms with Crippen molar-refractivity contribution in [3.05, 3.63) is 56.6 Å². The lowest BCUT2D eigenvalue weighted by molar-refractivity contribution is -0.384. The molecule has 0 spiro atoms. The predicted molar refractivity (Wildman–Crippen MR) is 124 cm³/mol. The molecule has 0 unspecified atom stereocenters. The number of hydrogen-bond donors (Lipinski definition) is 1. The number of piperidine rings is 2. The Balaban J connectivity index is 0.00000324. The normalized spacial score (nSPS) is 18.1. The fourth-order valence-corrected chi connectivity index (χ4v) is 4.88. The number of H-pyrrole nitrogens is 1. The molecule has 182 valence electrons. The number of carbonyl (C=O) groups excluding carboxylic acids is 2. The van der Waals surface area contributed by atoms with Crippen molar-refractivity contribution in [2.45, 2.75) is 38.1 Å². The van der Waals surface area contributed by atoms with Crippen LogP contribution in [0.1, 0.15) is 52.8 Å². The van der Waals surface area contributed by atoms with E-state index in [4.69, 9.17) is 0 Å². The van der Waals surface area contributed by atoms with Crippen molar-refractivity contribution in [1.29, 1.82) is 0 Å². The summed E-state index contributed by atoms with van der Waals surface area (Å²) in [5.41, 5.74) is 0.792. The first-order valence-electron chi connectivity index (χ1n) is 11.1. The molecule has 1 atom stereocenters. The van der Waals surface area contributed by atoms with Gasteiger partial charge in [0.25, 0.3) is 23.8 Å². The van der Waals surface area contributed by atoms with E-state index < -0.39 is 4.92 Å². The van der Waals surface area contributed by atoms with Crippen LogP contribution in [0.25, 0.3) is 0 Å². The number of nitro benzene ring substituents is 1. The van der Waals surface area contributed by atoms with Gasteiger partial charge in [-0.3, -0.25) is 19.7 Å². The molecule has 0 radical (unpaired) electrons. The fourth-order valence-electron chi connectivity index (χ4n) is 4.43. The van der Waals surface area contributed by atoms with Gasteiger partial charge in [-0.25, -0.2) is 4.98 Å². The van der Waals surface area contributed by atoms with E-state index in [2.05, 4.69) is 31.2 Å². The summed E-state index contributed by atoms with van der Waals surface area (Å²) in [6, 6.07) is 2.83. The standard InChI is InChI=1S/C22H25BrN6O4.ClH/c23-16-9-18(22(31)27-6-2-1-3-7-27)20(19(10-16)29(32)33)26-17-5-4-8-28(13-17)21(30)15-11-24-14-25-12-15;/h9-12,14,17,26H,1-8,13H2;1H/t17-;/m1./s1. The number of amides is 2. The number of nitrogens with zero attached hydrogens (tertiary/aromatic N) is 4. The lowest BCUT2D eigenvalue weighted by Gasteiger charge is -2.34. The molecule has 2 saturated heterocycles. The Morgan fingerprint density at radius 2 is 1.85 bits per heavy atom. The molecule has 0 saturated carbocycles. The van der Waals surface area contributed by atoms with Crippen molar-refractivity contribution in [1.82, 2.24) is 14.8 Å². The Bertz CT molecular complexity index is 1050. The number of carbonyl (C=O) groups is 2. The molecule has 3 heterocycles. The zero-order valence-corrected chi connectivity index (χ0v) is 20.8. The number of aromatic amines is 1. The minimum absolute atomic E-state index is 0. The summed E-state index contributed by atoms with van der Waals surface area (Å²) >= 11 is 3.32. The monoisotopic (exact) mass is 552 g/mol. The molecule has 2 aromatic rings. The van der Waals surface area contributed by atoms with Crippen LogP contribution in [-0.2, 0) is 0 Å². The van der Waals surface area contributed by atoms with E-state index in [0.717, 1.165) is 32.1 Å². The number of benzene rings is 1. The second-order valence-electron chi connectivity index (χ2n) is 8.37. The van der Waals surface area contributed by atoms with Crippen LogP contribution in [0.3, 0.4) is 0 Å². The molecule has 12 heteroatoms. The van der Waals surface area contributed by atoms with E-state index in [0.29, 0.717) is 36.2 Å². The minimum Gasteiger partial charge on any atom is -1.00 e. The average molecular weight is 554 g/mol. The second-order valence-corrected chi connectivity index (χ2v) is 9.28. The Labute approximate surface area is 211 Å². The van der Waals surface area contributed by atoms with Crippen molar-refractivity contribution in [2.75, 3.05) is 31.5 Å². The van der Waals surface area contributed by atoms with Crippen molar-refractivity contribution < 1.29 is 31.9 Å². The molecule has 34 heavy (non-hydrogen) atoms. The minimum atomic E-state index is -0.475. The molecular weight excluding hydrogens is 528 g/mol. The summed E-state index contributed by atoms with van der Waals surface area (Å²) < 4.78 is 0.480. The van der Waals surface area contributed by atoms with Gasteiger partial charge >= 0.3 is 0 Å². The zero-order valence-electron chi connectivity index (χ0n) is 18.5. The highest BCUT2D eigenvalue weighted by Gasteiger charge is 2.31. The van der Waals surface area contributed by atoms with Gasteiger partial charge < -0.3 is 27.5 Å². The fraction of sp³-hybridized carbons (Fsp3) is 0.455. The first-order valence-corrected chi connectivity index (χ1v) is 11.9. The summed E-state index contributed by atoms with van der Waals surface area (Å²) in [7, 11) is 0. The van der Waals surface area contributed by atoms with Gasteiger partial charge in [0.15, 0.2) is 6.20 Å². The Kier molecular flexibility index (Phi) is 8.78. The van der Waals surface area contributed by atoms with Gasteiger partial charge in [0, 0.05) is 42.8 Å². The van der Waals surface area contributed by atoms with Gasteiger partial charge in [-0.05, 0) is 38.2 Å². The van der Waals surface area contributed by atoms with E-state index in [1.54, 1.807) is 22.1 Å². The number of aromatic nitrogens is 2. The molecule has 0 bridgehead atoms. The SMILES string of the molecule is O=C(c1cnc[nH+]c1)N1CCC[C@@H](Nc2c(C(=O)N3CCCCC3)cc(Br)cc2[N+](=O)[O-])C1.[Cl-]. The molecule has 2 aliphatic heterocycles. The molecule has 0 aliphatic carbocycles. The van der Waals surface area contributed by atoms with Crippen molar-refractivity contribution in [3.63, 3.8) is 0 Å². The van der Waals surface area contributed by atoms with Crippen LogP contribution in [0.2, 0.25) is 0 Å². The topological polar surface area (TPSA) is 123 Å². The summed E-state index contributed by atoms with van der Waals surface area (Å²) in [6.45, 7) is 2.25. The third-order valence-electron chi connectivity index (χ3n) is 6.06. The second kappa shape index (κ2) is 11.6. The van der Waals surface area contributed by atoms with E-state index in [9.17, 15) is 19.7 Å². The molecule has 10 nitrogen and oxygen atoms in total. The van der Waals surface area contributed by atoms with Gasteiger partial charge in [0.1, 0.15) is 17.4 Å². The summed E-state index contributed by atoms with van der Waals surface area (Å²) in [5.74, 6) is -0.364. The molecule has 4 rings (SSSR count). The molecular formula is C22H26BrClN6O4. The molecule has 2 amide bonds. The molecule has 1 aromatic carbocycles. The van der Waals surface area contributed by atoms with Gasteiger partial charge in [-0.15, -0.1) is 0 Å². The third kappa shape index (κ3) is 5.82. The highest BCUT2D eigenvalue weighted by molar-refractivity contribution is 9.10. The van der Waals surface area contributed by atoms with Crippen molar-refractivity contribution >= 4 is 39.1 Å². The van der Waals surface area contributed by atoms with Crippen molar-refractivity contribution in [3.8, 4) is 0 Å². The van der Waals surface area contributed by atoms with Crippen LogP contribution in [0.15, 0.2) is 35.3 Å². The number of nitrogens with one attached hydrogen (secondary N) is 2. The highest BCUT2D eigenvalue weighted by Crippen LogP contribution is 2.35. The van der Waals surface area contributed by atoms with E-state index in [1.165, 1.54) is 18.6 Å². The van der Waals surface area contributed by atoms with Crippen LogP contribution in [-0.4, -0.2) is 63.7 Å². The van der Waals surface area contributed by atoms with E-state index in [-0.39, 0.29) is 47.2 Å². The first-order chi connectivity index (χ1) is 15.9. The number of hydrogen-bond acceptors (Lipinski definition) is 6. The van der Waals surface area contributed by atoms with Gasteiger partial charge in [0.05, 0.1) is 10.5 Å². The summed E-state index contributed by atoms with van der Waals surface area (Å²) in [5, 5.41) is 15.1. The molecule has 2 N–H and O–H groups in total. The van der Waals surface area contributed by atoms with Crippen LogP contribution >= 0.6 is 15.9 Å². The molecule has 2 fully saturated rings. The van der Waals surface area contributed by atoms with Crippen molar-refractivity contribution in [2.24, 2.45) is 0 Å². The van der Waals surface area contributed by atoms with E-state index >= 15 is 0 Å². The summed E-state index contributed by atoms with van der Waals surface area (Å²) in [6.07, 6.45) is 9.00.